The largest absolute Gasteiger partial charge is 0.444 e. The molecule has 2 saturated heterocycles. The molecule has 10 heteroatoms. The molecule has 3 rings (SSSR count). The fraction of sp³-hybridized carbons (Fsp3) is 0.818. The Labute approximate surface area is 207 Å². The number of rotatable bonds is 8. The highest BCUT2D eigenvalue weighted by molar-refractivity contribution is 14.0. The second-order valence-corrected chi connectivity index (χ2v) is 8.80. The van der Waals surface area contributed by atoms with Crippen LogP contribution in [0.5, 0.6) is 0 Å². The van der Waals surface area contributed by atoms with Crippen molar-refractivity contribution in [1.82, 2.24) is 25.4 Å². The molecule has 0 radical (unpaired) electrons. The summed E-state index contributed by atoms with van der Waals surface area (Å²) in [4.78, 5) is 13.6. The van der Waals surface area contributed by atoms with E-state index in [1.807, 2.05) is 18.7 Å². The number of guanidine groups is 1. The van der Waals surface area contributed by atoms with Crippen LogP contribution >= 0.6 is 24.0 Å². The molecule has 0 saturated carbocycles. The van der Waals surface area contributed by atoms with Crippen molar-refractivity contribution >= 4 is 29.9 Å². The summed E-state index contributed by atoms with van der Waals surface area (Å²) in [6.07, 6.45) is 1.73. The number of aliphatic imine (C=N–C) groups is 1. The Morgan fingerprint density at radius 3 is 2.34 bits per heavy atom. The van der Waals surface area contributed by atoms with Gasteiger partial charge in [-0.1, -0.05) is 0 Å². The van der Waals surface area contributed by atoms with Crippen molar-refractivity contribution in [3.05, 3.63) is 17.3 Å². The number of oxazole rings is 1. The van der Waals surface area contributed by atoms with Gasteiger partial charge < -0.3 is 15.1 Å². The molecule has 1 aromatic rings. The highest BCUT2D eigenvalue weighted by Crippen LogP contribution is 2.20. The summed E-state index contributed by atoms with van der Waals surface area (Å²) in [5.41, 5.74) is 0.974. The molecular formula is C22H39F2IN6O. The molecule has 0 amide bonds. The molecule has 3 heterocycles. The first-order valence-electron chi connectivity index (χ1n) is 11.6. The van der Waals surface area contributed by atoms with E-state index in [2.05, 4.69) is 27.4 Å². The second kappa shape index (κ2) is 13.6. The quantitative estimate of drug-likeness (QED) is 0.285. The maximum absolute atomic E-state index is 12.6. The Bertz CT molecular complexity index is 681. The van der Waals surface area contributed by atoms with E-state index in [9.17, 15) is 8.78 Å². The molecular weight excluding hydrogens is 529 g/mol. The smallest absolute Gasteiger partial charge is 0.251 e. The van der Waals surface area contributed by atoms with Crippen LogP contribution in [-0.2, 0) is 6.54 Å². The number of hydrogen-bond donors (Lipinski definition) is 2. The molecule has 2 fully saturated rings. The lowest BCUT2D eigenvalue weighted by atomic mass is 9.97. The Kier molecular flexibility index (Phi) is 11.6. The van der Waals surface area contributed by atoms with Crippen LogP contribution in [0.1, 0.15) is 50.0 Å². The van der Waals surface area contributed by atoms with Gasteiger partial charge in [0.2, 0.25) is 5.89 Å². The van der Waals surface area contributed by atoms with Crippen molar-refractivity contribution in [1.29, 1.82) is 0 Å². The molecule has 7 nitrogen and oxygen atoms in total. The van der Waals surface area contributed by atoms with Crippen LogP contribution in [0.4, 0.5) is 8.78 Å². The average molecular weight is 568 g/mol. The summed E-state index contributed by atoms with van der Waals surface area (Å²) in [6.45, 7) is 11.8. The molecule has 2 aliphatic heterocycles. The number of nitrogens with zero attached hydrogens (tertiary/aromatic N) is 4. The summed E-state index contributed by atoms with van der Waals surface area (Å²) in [6, 6.07) is 0.293. The number of alkyl halides is 2. The van der Waals surface area contributed by atoms with E-state index in [0.29, 0.717) is 25.0 Å². The van der Waals surface area contributed by atoms with Crippen molar-refractivity contribution in [2.45, 2.75) is 65.5 Å². The third-order valence-electron chi connectivity index (χ3n) is 6.32. The van der Waals surface area contributed by atoms with Gasteiger partial charge in [0.05, 0.1) is 18.8 Å². The fourth-order valence-electron chi connectivity index (χ4n) is 4.31. The first kappa shape index (κ1) is 27.2. The second-order valence-electron chi connectivity index (χ2n) is 8.80. The van der Waals surface area contributed by atoms with Gasteiger partial charge in [0.15, 0.2) is 5.96 Å². The first-order valence-corrected chi connectivity index (χ1v) is 11.6. The van der Waals surface area contributed by atoms with Crippen LogP contribution in [0.2, 0.25) is 0 Å². The lowest BCUT2D eigenvalue weighted by Gasteiger charge is -2.33. The lowest BCUT2D eigenvalue weighted by Crippen LogP contribution is -2.49. The third-order valence-corrected chi connectivity index (χ3v) is 6.32. The zero-order valence-electron chi connectivity index (χ0n) is 19.6. The van der Waals surface area contributed by atoms with Gasteiger partial charge in [0, 0.05) is 32.2 Å². The van der Waals surface area contributed by atoms with Gasteiger partial charge in [-0.2, -0.15) is 0 Å². The average Bonchev–Trinajstić information content (AvgIpc) is 3.05. The van der Waals surface area contributed by atoms with Gasteiger partial charge in [-0.25, -0.2) is 13.8 Å². The van der Waals surface area contributed by atoms with Gasteiger partial charge in [0.1, 0.15) is 5.76 Å². The van der Waals surface area contributed by atoms with Crippen molar-refractivity contribution in [3.8, 4) is 0 Å². The molecule has 0 bridgehead atoms. The van der Waals surface area contributed by atoms with E-state index in [0.717, 1.165) is 81.7 Å². The minimum atomic E-state index is -2.25. The molecule has 0 aliphatic carbocycles. The molecule has 184 valence electrons. The molecule has 0 atom stereocenters. The number of nitrogens with one attached hydrogen (secondary N) is 2. The van der Waals surface area contributed by atoms with Gasteiger partial charge in [-0.15, -0.1) is 24.0 Å². The molecule has 32 heavy (non-hydrogen) atoms. The van der Waals surface area contributed by atoms with Gasteiger partial charge >= 0.3 is 0 Å². The van der Waals surface area contributed by atoms with E-state index in [4.69, 9.17) is 9.41 Å². The Balaban J connectivity index is 0.00000363. The number of piperidine rings is 2. The van der Waals surface area contributed by atoms with Crippen LogP contribution in [0, 0.1) is 19.8 Å². The van der Waals surface area contributed by atoms with E-state index in [1.54, 1.807) is 0 Å². The standard InChI is InChI=1S/C22H38F2N6O.HI/c1-4-25-22(28-19-7-11-29(12-8-19)14-20(23)24)26-13-18-5-9-30(10-6-18)15-21-27-16(2)17(3)31-21;/h18-20H,4-15H2,1-3H3,(H2,25,26,28);1H. The van der Waals surface area contributed by atoms with Crippen LogP contribution in [-0.4, -0.2) is 79.0 Å². The topological polar surface area (TPSA) is 68.9 Å². The normalized spacial score (nSPS) is 19.9. The monoisotopic (exact) mass is 568 g/mol. The van der Waals surface area contributed by atoms with Crippen molar-refractivity contribution in [2.75, 3.05) is 45.8 Å². The van der Waals surface area contributed by atoms with E-state index in [1.165, 1.54) is 0 Å². The van der Waals surface area contributed by atoms with Crippen molar-refractivity contribution in [2.24, 2.45) is 10.9 Å². The summed E-state index contributed by atoms with van der Waals surface area (Å²) in [7, 11) is 0. The number of halogens is 3. The number of hydrogen-bond acceptors (Lipinski definition) is 5. The number of aryl methyl sites for hydroxylation is 2. The summed E-state index contributed by atoms with van der Waals surface area (Å²) in [5, 5.41) is 6.85. The minimum Gasteiger partial charge on any atom is -0.444 e. The van der Waals surface area contributed by atoms with Gasteiger partial charge in [-0.3, -0.25) is 14.8 Å². The van der Waals surface area contributed by atoms with Crippen LogP contribution in [0.3, 0.4) is 0 Å². The zero-order chi connectivity index (χ0) is 22.2. The van der Waals surface area contributed by atoms with Crippen molar-refractivity contribution < 1.29 is 13.2 Å². The van der Waals surface area contributed by atoms with Gasteiger partial charge in [0.25, 0.3) is 6.43 Å². The third kappa shape index (κ3) is 8.74. The zero-order valence-corrected chi connectivity index (χ0v) is 21.9. The molecule has 2 N–H and O–H groups in total. The van der Waals surface area contributed by atoms with E-state index >= 15 is 0 Å². The molecule has 1 aromatic heterocycles. The Hall–Kier alpha value is -1.01. The van der Waals surface area contributed by atoms with E-state index in [-0.39, 0.29) is 30.5 Å². The maximum atomic E-state index is 12.6. The Morgan fingerprint density at radius 2 is 1.78 bits per heavy atom. The van der Waals surface area contributed by atoms with Gasteiger partial charge in [-0.05, 0) is 65.5 Å². The number of aromatic nitrogens is 1. The fourth-order valence-corrected chi connectivity index (χ4v) is 4.31. The van der Waals surface area contributed by atoms with Crippen LogP contribution in [0.25, 0.3) is 0 Å². The molecule has 0 aromatic carbocycles. The summed E-state index contributed by atoms with van der Waals surface area (Å²) in [5.74, 6) is 3.14. The molecule has 0 spiro atoms. The number of likely N-dealkylation sites (tertiary alicyclic amines) is 2. The Morgan fingerprint density at radius 1 is 1.12 bits per heavy atom. The van der Waals surface area contributed by atoms with Crippen LogP contribution in [0.15, 0.2) is 9.41 Å². The predicted molar refractivity (Wildman–Crippen MR) is 134 cm³/mol. The highest BCUT2D eigenvalue weighted by atomic mass is 127. The summed E-state index contributed by atoms with van der Waals surface area (Å²) < 4.78 is 30.8. The molecule has 0 unspecified atom stereocenters. The minimum absolute atomic E-state index is 0. The van der Waals surface area contributed by atoms with Crippen LogP contribution < -0.4 is 10.6 Å². The highest BCUT2D eigenvalue weighted by Gasteiger charge is 2.23. The van der Waals surface area contributed by atoms with Crippen molar-refractivity contribution in [3.63, 3.8) is 0 Å². The van der Waals surface area contributed by atoms with E-state index < -0.39 is 6.43 Å². The SMILES string of the molecule is CCNC(=NCC1CCN(Cc2nc(C)c(C)o2)CC1)NC1CCN(CC(F)F)CC1.I. The summed E-state index contributed by atoms with van der Waals surface area (Å²) >= 11 is 0. The predicted octanol–water partition coefficient (Wildman–Crippen LogP) is 3.41. The lowest BCUT2D eigenvalue weighted by molar-refractivity contribution is 0.0744. The first-order chi connectivity index (χ1) is 14.9. The molecule has 2 aliphatic rings. The maximum Gasteiger partial charge on any atom is 0.251 e.